The van der Waals surface area contributed by atoms with Crippen molar-refractivity contribution in [2.75, 3.05) is 5.32 Å². The maximum absolute atomic E-state index is 12.5. The fraction of sp³-hybridized carbons (Fsp3) is 0. The Morgan fingerprint density at radius 1 is 0.931 bits per heavy atom. The Labute approximate surface area is 174 Å². The highest BCUT2D eigenvalue weighted by atomic mass is 79.9. The average molecular weight is 454 g/mol. The van der Waals surface area contributed by atoms with Crippen LogP contribution in [0.1, 0.15) is 26.3 Å². The summed E-state index contributed by atoms with van der Waals surface area (Å²) in [5.74, 6) is -1.15. The van der Waals surface area contributed by atoms with Crippen LogP contribution >= 0.6 is 15.9 Å². The average Bonchev–Trinajstić information content (AvgIpc) is 2.70. The number of phenolic OH excluding ortho intramolecular Hbond substituents is 2. The Morgan fingerprint density at radius 2 is 1.66 bits per heavy atom. The molecule has 7 nitrogen and oxygen atoms in total. The maximum atomic E-state index is 12.5. The Morgan fingerprint density at radius 3 is 2.38 bits per heavy atom. The van der Waals surface area contributed by atoms with E-state index in [2.05, 4.69) is 31.8 Å². The largest absolute Gasteiger partial charge is 0.508 e. The van der Waals surface area contributed by atoms with Gasteiger partial charge in [0, 0.05) is 21.7 Å². The van der Waals surface area contributed by atoms with E-state index in [0.717, 1.165) is 10.5 Å². The number of hydrogen-bond acceptors (Lipinski definition) is 5. The summed E-state index contributed by atoms with van der Waals surface area (Å²) >= 11 is 3.31. The molecule has 8 heteroatoms. The molecule has 4 N–H and O–H groups in total. The second-order valence-corrected chi connectivity index (χ2v) is 6.86. The molecule has 29 heavy (non-hydrogen) atoms. The minimum absolute atomic E-state index is 0.0841. The first-order valence-electron chi connectivity index (χ1n) is 8.45. The number of hydrogen-bond donors (Lipinski definition) is 4. The van der Waals surface area contributed by atoms with Gasteiger partial charge in [-0.25, -0.2) is 5.43 Å². The molecule has 146 valence electrons. The van der Waals surface area contributed by atoms with Crippen LogP contribution in [0.15, 0.2) is 76.3 Å². The SMILES string of the molecule is O=C(Nc1ccccc1C(=O)N/N=C\c1ccc(O)cc1O)c1ccc(Br)cc1. The molecule has 0 aliphatic heterocycles. The molecule has 0 atom stereocenters. The van der Waals surface area contributed by atoms with E-state index in [1.807, 2.05) is 0 Å². The van der Waals surface area contributed by atoms with Gasteiger partial charge in [-0.2, -0.15) is 5.10 Å². The van der Waals surface area contributed by atoms with E-state index in [4.69, 9.17) is 0 Å². The predicted octanol–water partition coefficient (Wildman–Crippen LogP) is 3.88. The first-order valence-corrected chi connectivity index (χ1v) is 9.24. The molecule has 3 aromatic rings. The summed E-state index contributed by atoms with van der Waals surface area (Å²) < 4.78 is 0.853. The van der Waals surface area contributed by atoms with Gasteiger partial charge in [-0.1, -0.05) is 28.1 Å². The molecular weight excluding hydrogens is 438 g/mol. The van der Waals surface area contributed by atoms with Crippen molar-refractivity contribution in [3.05, 3.63) is 87.9 Å². The number of nitrogens with one attached hydrogen (secondary N) is 2. The van der Waals surface area contributed by atoms with Crippen molar-refractivity contribution in [1.82, 2.24) is 5.43 Å². The van der Waals surface area contributed by atoms with Crippen LogP contribution in [0.25, 0.3) is 0 Å². The van der Waals surface area contributed by atoms with E-state index in [-0.39, 0.29) is 23.0 Å². The van der Waals surface area contributed by atoms with Gasteiger partial charge in [-0.3, -0.25) is 9.59 Å². The molecule has 3 rings (SSSR count). The van der Waals surface area contributed by atoms with E-state index >= 15 is 0 Å². The van der Waals surface area contributed by atoms with Gasteiger partial charge in [-0.05, 0) is 48.5 Å². The van der Waals surface area contributed by atoms with Crippen molar-refractivity contribution < 1.29 is 19.8 Å². The highest BCUT2D eigenvalue weighted by molar-refractivity contribution is 9.10. The molecule has 0 unspecified atom stereocenters. The topological polar surface area (TPSA) is 111 Å². The van der Waals surface area contributed by atoms with E-state index in [1.54, 1.807) is 48.5 Å². The quantitative estimate of drug-likeness (QED) is 0.347. The molecule has 0 fully saturated rings. The Bertz CT molecular complexity index is 1080. The lowest BCUT2D eigenvalue weighted by Crippen LogP contribution is -2.21. The third kappa shape index (κ3) is 5.20. The number of halogens is 1. The normalized spacial score (nSPS) is 10.7. The Balaban J connectivity index is 1.72. The van der Waals surface area contributed by atoms with Crippen molar-refractivity contribution in [2.24, 2.45) is 5.10 Å². The van der Waals surface area contributed by atoms with Gasteiger partial charge in [0.2, 0.25) is 0 Å². The number of para-hydroxylation sites is 1. The first kappa shape index (κ1) is 20.1. The number of carbonyl (C=O) groups excluding carboxylic acids is 2. The van der Waals surface area contributed by atoms with Gasteiger partial charge in [-0.15, -0.1) is 0 Å². The van der Waals surface area contributed by atoms with Gasteiger partial charge < -0.3 is 15.5 Å². The minimum atomic E-state index is -0.536. The van der Waals surface area contributed by atoms with Crippen LogP contribution in [0, 0.1) is 0 Å². The molecular formula is C21H16BrN3O4. The van der Waals surface area contributed by atoms with Crippen molar-refractivity contribution in [2.45, 2.75) is 0 Å². The van der Waals surface area contributed by atoms with Gasteiger partial charge in [0.1, 0.15) is 11.5 Å². The van der Waals surface area contributed by atoms with Crippen molar-refractivity contribution in [3.63, 3.8) is 0 Å². The summed E-state index contributed by atoms with van der Waals surface area (Å²) in [5, 5.41) is 25.5. The summed E-state index contributed by atoms with van der Waals surface area (Å²) in [6, 6.07) is 17.4. The number of benzene rings is 3. The molecule has 0 spiro atoms. The number of aromatic hydroxyl groups is 2. The van der Waals surface area contributed by atoms with Crippen LogP contribution in [0.2, 0.25) is 0 Å². The van der Waals surface area contributed by atoms with Crippen LogP contribution in [0.4, 0.5) is 5.69 Å². The summed E-state index contributed by atoms with van der Waals surface area (Å²) in [7, 11) is 0. The monoisotopic (exact) mass is 453 g/mol. The highest BCUT2D eigenvalue weighted by Gasteiger charge is 2.13. The second kappa shape index (κ2) is 9.03. The van der Waals surface area contributed by atoms with Gasteiger partial charge in [0.05, 0.1) is 17.5 Å². The van der Waals surface area contributed by atoms with Crippen LogP contribution < -0.4 is 10.7 Å². The smallest absolute Gasteiger partial charge is 0.273 e. The molecule has 0 aliphatic rings. The van der Waals surface area contributed by atoms with E-state index in [9.17, 15) is 19.8 Å². The minimum Gasteiger partial charge on any atom is -0.508 e. The molecule has 0 saturated heterocycles. The standard InChI is InChI=1S/C21H16BrN3O4/c22-15-8-5-13(6-9-15)20(28)24-18-4-2-1-3-17(18)21(29)25-23-12-14-7-10-16(26)11-19(14)27/h1-12,26-27H,(H,24,28)(H,25,29)/b23-12-. The van der Waals surface area contributed by atoms with Crippen LogP contribution in [-0.4, -0.2) is 28.2 Å². The third-order valence-electron chi connectivity index (χ3n) is 3.91. The first-order chi connectivity index (χ1) is 13.9. The van der Waals surface area contributed by atoms with E-state index < -0.39 is 5.91 Å². The number of amides is 2. The number of hydrazone groups is 1. The molecule has 3 aromatic carbocycles. The molecule has 0 heterocycles. The Hall–Kier alpha value is -3.65. The fourth-order valence-corrected chi connectivity index (χ4v) is 2.71. The number of anilines is 1. The zero-order chi connectivity index (χ0) is 20.8. The molecule has 0 aliphatic carbocycles. The Kier molecular flexibility index (Phi) is 6.25. The summed E-state index contributed by atoms with van der Waals surface area (Å²) in [4.78, 5) is 24.9. The zero-order valence-electron chi connectivity index (χ0n) is 15.0. The summed E-state index contributed by atoms with van der Waals surface area (Å²) in [5.41, 5.74) is 3.68. The van der Waals surface area contributed by atoms with Crippen LogP contribution in [0.3, 0.4) is 0 Å². The van der Waals surface area contributed by atoms with Gasteiger partial charge >= 0.3 is 0 Å². The zero-order valence-corrected chi connectivity index (χ0v) is 16.6. The number of nitrogens with zero attached hydrogens (tertiary/aromatic N) is 1. The molecule has 2 amide bonds. The van der Waals surface area contributed by atoms with E-state index in [1.165, 1.54) is 18.3 Å². The molecule has 0 saturated carbocycles. The number of carbonyl (C=O) groups is 2. The highest BCUT2D eigenvalue weighted by Crippen LogP contribution is 2.21. The van der Waals surface area contributed by atoms with Crippen molar-refractivity contribution in [1.29, 1.82) is 0 Å². The van der Waals surface area contributed by atoms with E-state index in [0.29, 0.717) is 16.8 Å². The van der Waals surface area contributed by atoms with Crippen LogP contribution in [0.5, 0.6) is 11.5 Å². The second-order valence-electron chi connectivity index (χ2n) is 5.95. The molecule has 0 radical (unpaired) electrons. The predicted molar refractivity (Wildman–Crippen MR) is 113 cm³/mol. The number of rotatable bonds is 5. The van der Waals surface area contributed by atoms with Crippen molar-refractivity contribution in [3.8, 4) is 11.5 Å². The lowest BCUT2D eigenvalue weighted by Gasteiger charge is -2.10. The molecule has 0 aromatic heterocycles. The summed E-state index contributed by atoms with van der Waals surface area (Å²) in [6.45, 7) is 0. The molecule has 0 bridgehead atoms. The summed E-state index contributed by atoms with van der Waals surface area (Å²) in [6.07, 6.45) is 1.25. The maximum Gasteiger partial charge on any atom is 0.273 e. The van der Waals surface area contributed by atoms with Crippen LogP contribution in [-0.2, 0) is 0 Å². The van der Waals surface area contributed by atoms with Crippen molar-refractivity contribution >= 4 is 39.6 Å². The fourth-order valence-electron chi connectivity index (χ4n) is 2.45. The lowest BCUT2D eigenvalue weighted by molar-refractivity contribution is 0.0956. The van der Waals surface area contributed by atoms with Gasteiger partial charge in [0.25, 0.3) is 11.8 Å². The third-order valence-corrected chi connectivity index (χ3v) is 4.44. The number of phenols is 2. The van der Waals surface area contributed by atoms with Gasteiger partial charge in [0.15, 0.2) is 0 Å². The lowest BCUT2D eigenvalue weighted by atomic mass is 10.1.